The van der Waals surface area contributed by atoms with E-state index in [1.54, 1.807) is 0 Å². The minimum absolute atomic E-state index is 0.0661. The van der Waals surface area contributed by atoms with Crippen LogP contribution in [-0.2, 0) is 5.41 Å². The first-order chi connectivity index (χ1) is 28.3. The van der Waals surface area contributed by atoms with E-state index >= 15 is 0 Å². The molecule has 0 unspecified atom stereocenters. The maximum Gasteiger partial charge on any atom is 0.197 e. The first kappa shape index (κ1) is 32.3. The number of furan rings is 2. The van der Waals surface area contributed by atoms with E-state index in [1.165, 1.54) is 58.6 Å². The van der Waals surface area contributed by atoms with E-state index in [1.807, 2.05) is 23.5 Å². The van der Waals surface area contributed by atoms with Crippen LogP contribution in [0, 0.1) is 0 Å². The Balaban J connectivity index is 1.12. The smallest absolute Gasteiger partial charge is 0.197 e. The lowest BCUT2D eigenvalue weighted by atomic mass is 9.59. The quantitative estimate of drug-likeness (QED) is 0.182. The minimum Gasteiger partial charge on any atom is -0.456 e. The molecule has 0 saturated carbocycles. The molecule has 1 radical (unpaired) electrons. The van der Waals surface area contributed by atoms with E-state index < -0.39 is 0 Å². The Morgan fingerprint density at radius 3 is 1.98 bits per heavy atom. The number of rotatable bonds is 3. The molecule has 1 aliphatic heterocycles. The summed E-state index contributed by atoms with van der Waals surface area (Å²) in [6, 6.07) is 52.9. The van der Waals surface area contributed by atoms with Crippen LogP contribution in [0.4, 0.5) is 11.4 Å². The lowest BCUT2D eigenvalue weighted by Crippen LogP contribution is -2.37. The van der Waals surface area contributed by atoms with Crippen molar-refractivity contribution < 1.29 is 8.83 Å². The molecule has 1 N–H and O–H groups in total. The predicted molar refractivity (Wildman–Crippen MR) is 247 cm³/mol. The minimum atomic E-state index is 0.0661. The second-order valence-corrected chi connectivity index (χ2v) is 17.9. The Morgan fingerprint density at radius 1 is 0.534 bits per heavy atom. The van der Waals surface area contributed by atoms with E-state index in [-0.39, 0.29) is 5.41 Å². The van der Waals surface area contributed by atoms with Gasteiger partial charge in [-0.2, -0.15) is 0 Å². The maximum absolute atomic E-state index is 6.53. The van der Waals surface area contributed by atoms with Crippen LogP contribution in [-0.4, -0.2) is 11.8 Å². The Kier molecular flexibility index (Phi) is 6.37. The average molecular weight is 762 g/mol. The van der Waals surface area contributed by atoms with Gasteiger partial charge in [-0.25, -0.2) is 0 Å². The largest absolute Gasteiger partial charge is 0.456 e. The molecule has 0 bridgehead atoms. The van der Waals surface area contributed by atoms with Gasteiger partial charge in [0.1, 0.15) is 22.3 Å². The summed E-state index contributed by atoms with van der Waals surface area (Å²) in [5.74, 6) is 0. The van der Waals surface area contributed by atoms with Crippen LogP contribution >= 0.6 is 11.3 Å². The summed E-state index contributed by atoms with van der Waals surface area (Å²) in [5.41, 5.74) is 15.2. The van der Waals surface area contributed by atoms with Crippen molar-refractivity contribution in [1.29, 1.82) is 0 Å². The molecule has 0 spiro atoms. The summed E-state index contributed by atoms with van der Waals surface area (Å²) in [6.45, 7) is 6.76. The lowest BCUT2D eigenvalue weighted by molar-refractivity contribution is 0.590. The summed E-state index contributed by atoms with van der Waals surface area (Å²) in [4.78, 5) is 0. The van der Waals surface area contributed by atoms with E-state index in [9.17, 15) is 0 Å². The van der Waals surface area contributed by atoms with Crippen molar-refractivity contribution >= 4 is 127 Å². The molecule has 6 heteroatoms. The predicted octanol–water partition coefficient (Wildman–Crippen LogP) is 13.6. The number of anilines is 2. The number of benzene rings is 8. The third-order valence-electron chi connectivity index (χ3n) is 12.4. The Labute approximate surface area is 338 Å². The number of nitrogens with one attached hydrogen (secondary N) is 1. The SMILES string of the molecule is CC(C)(C)c1ccc(Nc2cc3oc4ccccc4c3cc2-c2ccc3c4cc5c(cc4n4c3c2[B]c2cc3sc6ccccc6c3cc2-4)oc2ccccc25)cc1. The summed E-state index contributed by atoms with van der Waals surface area (Å²) in [6.07, 6.45) is 0. The number of hydrogen-bond acceptors (Lipinski definition) is 4. The van der Waals surface area contributed by atoms with Crippen molar-refractivity contribution in [1.82, 2.24) is 4.57 Å². The van der Waals surface area contributed by atoms with Gasteiger partial charge in [-0.1, -0.05) is 105 Å². The fourth-order valence-corrected chi connectivity index (χ4v) is 10.7. The molecule has 0 amide bonds. The summed E-state index contributed by atoms with van der Waals surface area (Å²) in [7, 11) is 2.43. The van der Waals surface area contributed by atoms with Crippen LogP contribution in [0.25, 0.3) is 103 Å². The van der Waals surface area contributed by atoms with Crippen molar-refractivity contribution in [3.8, 4) is 16.8 Å². The zero-order valence-electron chi connectivity index (χ0n) is 32.1. The third kappa shape index (κ3) is 4.52. The van der Waals surface area contributed by atoms with Crippen LogP contribution in [0.5, 0.6) is 0 Å². The van der Waals surface area contributed by atoms with Gasteiger partial charge >= 0.3 is 0 Å². The van der Waals surface area contributed by atoms with Crippen LogP contribution in [0.15, 0.2) is 154 Å². The van der Waals surface area contributed by atoms with Gasteiger partial charge in [0.2, 0.25) is 0 Å². The highest BCUT2D eigenvalue weighted by molar-refractivity contribution is 7.26. The number of nitrogens with zero attached hydrogens (tertiary/aromatic N) is 1. The van der Waals surface area contributed by atoms with Crippen LogP contribution in [0.2, 0.25) is 0 Å². The number of thiophene rings is 1. The zero-order chi connectivity index (χ0) is 38.4. The molecule has 5 heterocycles. The van der Waals surface area contributed by atoms with Gasteiger partial charge in [0.25, 0.3) is 0 Å². The van der Waals surface area contributed by atoms with E-state index in [2.05, 4.69) is 171 Å². The topological polar surface area (TPSA) is 43.2 Å². The monoisotopic (exact) mass is 761 g/mol. The van der Waals surface area contributed by atoms with Gasteiger partial charge in [0.05, 0.1) is 11.2 Å². The Hall–Kier alpha value is -6.76. The third-order valence-corrected chi connectivity index (χ3v) is 13.5. The molecule has 12 aromatic rings. The molecule has 4 aromatic heterocycles. The number of para-hydroxylation sites is 2. The molecule has 0 atom stereocenters. The van der Waals surface area contributed by atoms with Gasteiger partial charge in [-0.05, 0) is 76.6 Å². The number of fused-ring (bicyclic) bond motifs is 14. The van der Waals surface area contributed by atoms with E-state index in [4.69, 9.17) is 8.83 Å². The fraction of sp³-hybridized carbons (Fsp3) is 0.0769. The first-order valence-corrected chi connectivity index (χ1v) is 20.7. The Morgan fingerprint density at radius 2 is 1.22 bits per heavy atom. The molecule has 8 aromatic carbocycles. The average Bonchev–Trinajstić information content (AvgIpc) is 3.98. The molecule has 4 nitrogen and oxygen atoms in total. The second kappa shape index (κ2) is 11.4. The first-order valence-electron chi connectivity index (χ1n) is 19.9. The molecule has 0 saturated heterocycles. The summed E-state index contributed by atoms with van der Waals surface area (Å²) in [5, 5.41) is 13.3. The summed E-state index contributed by atoms with van der Waals surface area (Å²) >= 11 is 1.86. The van der Waals surface area contributed by atoms with Gasteiger partial charge < -0.3 is 18.7 Å². The van der Waals surface area contributed by atoms with Gasteiger partial charge in [-0.3, -0.25) is 0 Å². The highest BCUT2D eigenvalue weighted by Gasteiger charge is 2.29. The van der Waals surface area contributed by atoms with Crippen LogP contribution < -0.4 is 16.2 Å². The summed E-state index contributed by atoms with van der Waals surface area (Å²) < 4.78 is 18.1. The highest BCUT2D eigenvalue weighted by Crippen LogP contribution is 2.44. The lowest BCUT2D eigenvalue weighted by Gasteiger charge is -2.24. The van der Waals surface area contributed by atoms with E-state index in [0.29, 0.717) is 0 Å². The van der Waals surface area contributed by atoms with Crippen LogP contribution in [0.1, 0.15) is 26.3 Å². The fourth-order valence-electron chi connectivity index (χ4n) is 9.53. The molecule has 273 valence electrons. The standard InChI is InChI=1S/C52H34BN2O2S/c1-52(2,3)28-16-18-29(19-17-28)54-41-26-46-37(30-10-4-7-13-44(30)56-46)22-35(41)33-20-21-34-36-23-38-31-11-5-8-14-45(31)57-47(38)27-42(36)55-43-24-39-32-12-6-9-15-48(32)58-49(39)25-40(43)53-50(33)51(34)55/h4-27,54H,1-3H3. The molecular weight excluding hydrogens is 727 g/mol. The number of aromatic nitrogens is 1. The Bertz CT molecular complexity index is 3720. The second-order valence-electron chi connectivity index (χ2n) is 16.8. The van der Waals surface area contributed by atoms with Crippen molar-refractivity contribution in [2.24, 2.45) is 0 Å². The molecule has 58 heavy (non-hydrogen) atoms. The van der Waals surface area contributed by atoms with Gasteiger partial charge in [0.15, 0.2) is 7.28 Å². The molecule has 0 fully saturated rings. The normalized spacial score (nSPS) is 12.9. The maximum atomic E-state index is 6.53. The highest BCUT2D eigenvalue weighted by atomic mass is 32.1. The van der Waals surface area contributed by atoms with Crippen molar-refractivity contribution in [2.75, 3.05) is 5.32 Å². The zero-order valence-corrected chi connectivity index (χ0v) is 32.9. The molecular formula is C52H34BN2O2S. The van der Waals surface area contributed by atoms with Crippen molar-refractivity contribution in [3.63, 3.8) is 0 Å². The number of hydrogen-bond donors (Lipinski definition) is 1. The van der Waals surface area contributed by atoms with Crippen molar-refractivity contribution in [3.05, 3.63) is 151 Å². The van der Waals surface area contributed by atoms with Crippen LogP contribution in [0.3, 0.4) is 0 Å². The van der Waals surface area contributed by atoms with E-state index in [0.717, 1.165) is 71.9 Å². The van der Waals surface area contributed by atoms with Gasteiger partial charge in [-0.15, -0.1) is 11.3 Å². The van der Waals surface area contributed by atoms with Gasteiger partial charge in [0, 0.05) is 87.1 Å². The molecule has 1 aliphatic rings. The van der Waals surface area contributed by atoms with Crippen molar-refractivity contribution in [2.45, 2.75) is 26.2 Å². The molecule has 13 rings (SSSR count). The molecule has 0 aliphatic carbocycles.